The van der Waals surface area contributed by atoms with E-state index in [1.165, 1.54) is 25.9 Å². The molecule has 2 aliphatic rings. The number of hydrogen-bond donors (Lipinski definition) is 1. The third-order valence-corrected chi connectivity index (χ3v) is 4.83. The SMILES string of the molecule is CC1CN(CC2CCCC2O)CC(C)S1. The molecule has 0 radical (unpaired) electrons. The highest BCUT2D eigenvalue weighted by molar-refractivity contribution is 8.00. The van der Waals surface area contributed by atoms with Crippen LogP contribution in [0.15, 0.2) is 0 Å². The highest BCUT2D eigenvalue weighted by Crippen LogP contribution is 2.30. The van der Waals surface area contributed by atoms with Gasteiger partial charge in [0.05, 0.1) is 6.10 Å². The van der Waals surface area contributed by atoms with Crippen LogP contribution >= 0.6 is 11.8 Å². The fourth-order valence-electron chi connectivity index (χ4n) is 3.00. The van der Waals surface area contributed by atoms with Gasteiger partial charge in [-0.3, -0.25) is 0 Å². The van der Waals surface area contributed by atoms with Gasteiger partial charge >= 0.3 is 0 Å². The third-order valence-electron chi connectivity index (χ3n) is 3.61. The van der Waals surface area contributed by atoms with Crippen molar-refractivity contribution >= 4 is 11.8 Å². The largest absolute Gasteiger partial charge is 0.393 e. The normalized spacial score (nSPS) is 43.4. The van der Waals surface area contributed by atoms with Crippen LogP contribution < -0.4 is 0 Å². The van der Waals surface area contributed by atoms with E-state index < -0.39 is 0 Å². The maximum Gasteiger partial charge on any atom is 0.0580 e. The number of nitrogens with zero attached hydrogens (tertiary/aromatic N) is 1. The monoisotopic (exact) mass is 229 g/mol. The van der Waals surface area contributed by atoms with Crippen molar-refractivity contribution in [3.63, 3.8) is 0 Å². The van der Waals surface area contributed by atoms with Gasteiger partial charge in [0.2, 0.25) is 0 Å². The molecule has 0 spiro atoms. The molecule has 2 fully saturated rings. The Morgan fingerprint density at radius 1 is 1.20 bits per heavy atom. The van der Waals surface area contributed by atoms with Crippen molar-refractivity contribution in [2.75, 3.05) is 19.6 Å². The molecule has 15 heavy (non-hydrogen) atoms. The molecule has 1 saturated heterocycles. The Balaban J connectivity index is 1.83. The first-order valence-corrected chi connectivity index (χ1v) is 7.15. The van der Waals surface area contributed by atoms with E-state index in [2.05, 4.69) is 30.5 Å². The standard InChI is InChI=1S/C12H23NOS/c1-9-6-13(7-10(2)15-9)8-11-4-3-5-12(11)14/h9-12,14H,3-8H2,1-2H3. The highest BCUT2D eigenvalue weighted by Gasteiger charge is 2.30. The quantitative estimate of drug-likeness (QED) is 0.783. The maximum absolute atomic E-state index is 9.82. The number of rotatable bonds is 2. The van der Waals surface area contributed by atoms with Crippen molar-refractivity contribution in [3.05, 3.63) is 0 Å². The van der Waals surface area contributed by atoms with Crippen LogP contribution in [0.25, 0.3) is 0 Å². The summed E-state index contributed by atoms with van der Waals surface area (Å²) in [6.45, 7) is 8.17. The van der Waals surface area contributed by atoms with Crippen LogP contribution in [0.5, 0.6) is 0 Å². The summed E-state index contributed by atoms with van der Waals surface area (Å²) in [6, 6.07) is 0. The lowest BCUT2D eigenvalue weighted by Crippen LogP contribution is -2.43. The summed E-state index contributed by atoms with van der Waals surface area (Å²) in [4.78, 5) is 2.56. The van der Waals surface area contributed by atoms with Crippen LogP contribution in [0.4, 0.5) is 0 Å². The van der Waals surface area contributed by atoms with Crippen LogP contribution in [0.3, 0.4) is 0 Å². The first-order chi connectivity index (χ1) is 7.15. The molecule has 1 N–H and O–H groups in total. The molecule has 1 aliphatic heterocycles. The van der Waals surface area contributed by atoms with Crippen LogP contribution in [-0.4, -0.2) is 46.2 Å². The van der Waals surface area contributed by atoms with Crippen molar-refractivity contribution in [2.24, 2.45) is 5.92 Å². The molecular formula is C12H23NOS. The van der Waals surface area contributed by atoms with Gasteiger partial charge in [0.15, 0.2) is 0 Å². The smallest absolute Gasteiger partial charge is 0.0580 e. The van der Waals surface area contributed by atoms with Gasteiger partial charge in [0.1, 0.15) is 0 Å². The zero-order valence-corrected chi connectivity index (χ0v) is 10.7. The third kappa shape index (κ3) is 3.11. The molecule has 0 amide bonds. The van der Waals surface area contributed by atoms with Gasteiger partial charge in [0, 0.05) is 30.1 Å². The molecule has 88 valence electrons. The molecule has 0 aromatic heterocycles. The summed E-state index contributed by atoms with van der Waals surface area (Å²) >= 11 is 2.10. The van der Waals surface area contributed by atoms with Crippen molar-refractivity contribution in [2.45, 2.75) is 49.7 Å². The molecule has 2 rings (SSSR count). The predicted octanol–water partition coefficient (Wildman–Crippen LogP) is 1.97. The summed E-state index contributed by atoms with van der Waals surface area (Å²) in [5.74, 6) is 0.549. The zero-order valence-electron chi connectivity index (χ0n) is 9.85. The molecular weight excluding hydrogens is 206 g/mol. The first-order valence-electron chi connectivity index (χ1n) is 6.21. The van der Waals surface area contributed by atoms with E-state index in [-0.39, 0.29) is 6.10 Å². The van der Waals surface area contributed by atoms with Crippen molar-refractivity contribution < 1.29 is 5.11 Å². The average molecular weight is 229 g/mol. The summed E-state index contributed by atoms with van der Waals surface area (Å²) in [5.41, 5.74) is 0. The van der Waals surface area contributed by atoms with Crippen molar-refractivity contribution in [1.82, 2.24) is 4.90 Å². The van der Waals surface area contributed by atoms with E-state index in [1.54, 1.807) is 0 Å². The topological polar surface area (TPSA) is 23.5 Å². The minimum atomic E-state index is -0.0230. The van der Waals surface area contributed by atoms with Gasteiger partial charge in [-0.25, -0.2) is 0 Å². The second-order valence-corrected chi connectivity index (χ2v) is 7.12. The lowest BCUT2D eigenvalue weighted by Gasteiger charge is -2.36. The van der Waals surface area contributed by atoms with Gasteiger partial charge in [-0.1, -0.05) is 20.3 Å². The lowest BCUT2D eigenvalue weighted by molar-refractivity contribution is 0.101. The maximum atomic E-state index is 9.82. The summed E-state index contributed by atoms with van der Waals surface area (Å²) in [5, 5.41) is 11.3. The van der Waals surface area contributed by atoms with Gasteiger partial charge in [-0.2, -0.15) is 11.8 Å². The second-order valence-electron chi connectivity index (χ2n) is 5.23. The lowest BCUT2D eigenvalue weighted by atomic mass is 10.1. The Morgan fingerprint density at radius 2 is 1.87 bits per heavy atom. The molecule has 3 heteroatoms. The number of hydrogen-bond acceptors (Lipinski definition) is 3. The molecule has 1 saturated carbocycles. The summed E-state index contributed by atoms with van der Waals surface area (Å²) < 4.78 is 0. The molecule has 0 bridgehead atoms. The van der Waals surface area contributed by atoms with E-state index in [0.29, 0.717) is 5.92 Å². The Kier molecular flexibility index (Phi) is 3.97. The first kappa shape index (κ1) is 11.7. The Labute approximate surface area is 97.4 Å². The highest BCUT2D eigenvalue weighted by atomic mass is 32.2. The number of aliphatic hydroxyl groups excluding tert-OH is 1. The Bertz CT molecular complexity index is 202. The van der Waals surface area contributed by atoms with E-state index in [9.17, 15) is 5.11 Å². The number of thioether (sulfide) groups is 1. The summed E-state index contributed by atoms with van der Waals surface area (Å²) in [6.07, 6.45) is 3.45. The molecule has 1 aliphatic carbocycles. The van der Waals surface area contributed by atoms with E-state index in [1.807, 2.05) is 0 Å². The number of aliphatic hydroxyl groups is 1. The summed E-state index contributed by atoms with van der Waals surface area (Å²) in [7, 11) is 0. The Hall–Kier alpha value is 0.270. The van der Waals surface area contributed by atoms with E-state index >= 15 is 0 Å². The Morgan fingerprint density at radius 3 is 2.40 bits per heavy atom. The van der Waals surface area contributed by atoms with Gasteiger partial charge in [0.25, 0.3) is 0 Å². The van der Waals surface area contributed by atoms with Crippen molar-refractivity contribution in [1.29, 1.82) is 0 Å². The molecule has 4 unspecified atom stereocenters. The molecule has 2 nitrogen and oxygen atoms in total. The molecule has 0 aromatic rings. The van der Waals surface area contributed by atoms with Crippen LogP contribution in [-0.2, 0) is 0 Å². The van der Waals surface area contributed by atoms with Crippen LogP contribution in [0, 0.1) is 5.92 Å². The zero-order chi connectivity index (χ0) is 10.8. The minimum absolute atomic E-state index is 0.0230. The minimum Gasteiger partial charge on any atom is -0.393 e. The van der Waals surface area contributed by atoms with Crippen LogP contribution in [0.2, 0.25) is 0 Å². The van der Waals surface area contributed by atoms with Crippen LogP contribution in [0.1, 0.15) is 33.1 Å². The average Bonchev–Trinajstić information content (AvgIpc) is 2.50. The fourth-order valence-corrected chi connectivity index (χ4v) is 4.38. The predicted molar refractivity (Wildman–Crippen MR) is 66.3 cm³/mol. The van der Waals surface area contributed by atoms with Gasteiger partial charge < -0.3 is 10.0 Å². The second kappa shape index (κ2) is 5.07. The fraction of sp³-hybridized carbons (Fsp3) is 1.00. The molecule has 0 aromatic carbocycles. The molecule has 1 heterocycles. The van der Waals surface area contributed by atoms with E-state index in [4.69, 9.17) is 0 Å². The van der Waals surface area contributed by atoms with Gasteiger partial charge in [-0.05, 0) is 18.8 Å². The molecule has 4 atom stereocenters. The van der Waals surface area contributed by atoms with Gasteiger partial charge in [-0.15, -0.1) is 0 Å². The van der Waals surface area contributed by atoms with Crippen molar-refractivity contribution in [3.8, 4) is 0 Å². The van der Waals surface area contributed by atoms with E-state index in [0.717, 1.165) is 23.5 Å².